The Kier molecular flexibility index (Phi) is 4.02. The van der Waals surface area contributed by atoms with E-state index in [2.05, 4.69) is 24.3 Å². The van der Waals surface area contributed by atoms with Gasteiger partial charge in [-0.2, -0.15) is 0 Å². The van der Waals surface area contributed by atoms with Gasteiger partial charge < -0.3 is 5.73 Å². The lowest BCUT2D eigenvalue weighted by molar-refractivity contribution is 0.372. The fourth-order valence-electron chi connectivity index (χ4n) is 3.26. The van der Waals surface area contributed by atoms with Crippen LogP contribution in [0.4, 0.5) is 8.78 Å². The van der Waals surface area contributed by atoms with Crippen LogP contribution in [0, 0.1) is 17.6 Å². The third-order valence-electron chi connectivity index (χ3n) is 4.38. The summed E-state index contributed by atoms with van der Waals surface area (Å²) in [7, 11) is 0. The second-order valence-corrected chi connectivity index (χ2v) is 5.92. The van der Waals surface area contributed by atoms with Crippen LogP contribution in [0.3, 0.4) is 0 Å². The van der Waals surface area contributed by atoms with Gasteiger partial charge >= 0.3 is 0 Å². The van der Waals surface area contributed by atoms with Crippen molar-refractivity contribution in [3.8, 4) is 0 Å². The Bertz CT molecular complexity index is 619. The van der Waals surface area contributed by atoms with E-state index in [0.717, 1.165) is 25.3 Å². The van der Waals surface area contributed by atoms with Crippen molar-refractivity contribution in [1.82, 2.24) is 0 Å². The SMILES string of the molecule is NC(Cc1cc(F)cc(F)c1)C1CCc2ccccc2C1. The van der Waals surface area contributed by atoms with Gasteiger partial charge in [0.15, 0.2) is 0 Å². The van der Waals surface area contributed by atoms with Crippen LogP contribution in [0.5, 0.6) is 0 Å². The minimum Gasteiger partial charge on any atom is -0.327 e. The third kappa shape index (κ3) is 3.30. The van der Waals surface area contributed by atoms with Crippen molar-refractivity contribution in [3.63, 3.8) is 0 Å². The Balaban J connectivity index is 1.70. The van der Waals surface area contributed by atoms with Crippen LogP contribution in [-0.2, 0) is 19.3 Å². The van der Waals surface area contributed by atoms with Gasteiger partial charge in [-0.15, -0.1) is 0 Å². The molecule has 21 heavy (non-hydrogen) atoms. The predicted molar refractivity (Wildman–Crippen MR) is 80.0 cm³/mol. The molecule has 2 aromatic rings. The molecule has 0 aliphatic heterocycles. The highest BCUT2D eigenvalue weighted by molar-refractivity contribution is 5.30. The van der Waals surface area contributed by atoms with Gasteiger partial charge in [0.1, 0.15) is 11.6 Å². The summed E-state index contributed by atoms with van der Waals surface area (Å²) in [5, 5.41) is 0. The van der Waals surface area contributed by atoms with Gasteiger partial charge in [-0.25, -0.2) is 8.78 Å². The summed E-state index contributed by atoms with van der Waals surface area (Å²) >= 11 is 0. The smallest absolute Gasteiger partial charge is 0.126 e. The molecule has 0 heterocycles. The minimum atomic E-state index is -0.536. The number of halogens is 2. The Labute approximate surface area is 123 Å². The number of nitrogens with two attached hydrogens (primary N) is 1. The van der Waals surface area contributed by atoms with Crippen LogP contribution in [0.2, 0.25) is 0 Å². The molecule has 2 atom stereocenters. The van der Waals surface area contributed by atoms with Crippen molar-refractivity contribution >= 4 is 0 Å². The molecule has 2 unspecified atom stereocenters. The highest BCUT2D eigenvalue weighted by Gasteiger charge is 2.24. The normalized spacial score (nSPS) is 19.1. The zero-order valence-electron chi connectivity index (χ0n) is 11.9. The van der Waals surface area contributed by atoms with E-state index in [9.17, 15) is 8.78 Å². The van der Waals surface area contributed by atoms with E-state index in [0.29, 0.717) is 17.9 Å². The monoisotopic (exact) mass is 287 g/mol. The molecule has 0 amide bonds. The van der Waals surface area contributed by atoms with E-state index in [1.807, 2.05) is 0 Å². The second-order valence-electron chi connectivity index (χ2n) is 5.92. The molecule has 0 aromatic heterocycles. The molecule has 0 fully saturated rings. The minimum absolute atomic E-state index is 0.0699. The molecular weight excluding hydrogens is 268 g/mol. The summed E-state index contributed by atoms with van der Waals surface area (Å²) in [6.07, 6.45) is 3.54. The number of hydrogen-bond donors (Lipinski definition) is 1. The van der Waals surface area contributed by atoms with Crippen molar-refractivity contribution in [1.29, 1.82) is 0 Å². The van der Waals surface area contributed by atoms with Crippen LogP contribution < -0.4 is 5.73 Å². The van der Waals surface area contributed by atoms with Crippen molar-refractivity contribution in [2.45, 2.75) is 31.7 Å². The van der Waals surface area contributed by atoms with Gasteiger partial charge in [0.25, 0.3) is 0 Å². The molecule has 2 N–H and O–H groups in total. The zero-order chi connectivity index (χ0) is 14.8. The molecule has 110 valence electrons. The largest absolute Gasteiger partial charge is 0.327 e. The van der Waals surface area contributed by atoms with E-state index in [1.165, 1.54) is 23.3 Å². The van der Waals surface area contributed by atoms with Crippen LogP contribution in [0.15, 0.2) is 42.5 Å². The Morgan fingerprint density at radius 1 is 1.05 bits per heavy atom. The van der Waals surface area contributed by atoms with Crippen molar-refractivity contribution in [2.24, 2.45) is 11.7 Å². The van der Waals surface area contributed by atoms with E-state index in [1.54, 1.807) is 0 Å². The van der Waals surface area contributed by atoms with Crippen LogP contribution in [-0.4, -0.2) is 6.04 Å². The topological polar surface area (TPSA) is 26.0 Å². The average Bonchev–Trinajstić information content (AvgIpc) is 2.45. The Morgan fingerprint density at radius 2 is 1.71 bits per heavy atom. The summed E-state index contributed by atoms with van der Waals surface area (Å²) in [5.41, 5.74) is 9.69. The number of rotatable bonds is 3. The van der Waals surface area contributed by atoms with E-state index < -0.39 is 11.6 Å². The standard InChI is InChI=1S/C18H19F2N/c19-16-7-12(8-17(20)11-16)9-18(21)15-6-5-13-3-1-2-4-14(13)10-15/h1-4,7-8,11,15,18H,5-6,9-10,21H2. The van der Waals surface area contributed by atoms with Crippen molar-refractivity contribution < 1.29 is 8.78 Å². The number of benzene rings is 2. The summed E-state index contributed by atoms with van der Waals surface area (Å²) in [6, 6.07) is 12.0. The molecule has 0 radical (unpaired) electrons. The summed E-state index contributed by atoms with van der Waals surface area (Å²) in [6.45, 7) is 0. The highest BCUT2D eigenvalue weighted by atomic mass is 19.1. The van der Waals surface area contributed by atoms with Crippen LogP contribution in [0.1, 0.15) is 23.1 Å². The predicted octanol–water partition coefficient (Wildman–Crippen LogP) is 3.64. The molecule has 0 saturated heterocycles. The van der Waals surface area contributed by atoms with Gasteiger partial charge in [-0.3, -0.25) is 0 Å². The van der Waals surface area contributed by atoms with Gasteiger partial charge in [-0.05, 0) is 60.4 Å². The fourth-order valence-corrected chi connectivity index (χ4v) is 3.26. The fraction of sp³-hybridized carbons (Fsp3) is 0.333. The third-order valence-corrected chi connectivity index (χ3v) is 4.38. The number of hydrogen-bond acceptors (Lipinski definition) is 1. The van der Waals surface area contributed by atoms with Crippen molar-refractivity contribution in [3.05, 3.63) is 70.8 Å². The molecule has 1 nitrogen and oxygen atoms in total. The molecule has 2 aromatic carbocycles. The molecule has 0 saturated carbocycles. The number of aryl methyl sites for hydroxylation is 1. The molecule has 1 aliphatic carbocycles. The second kappa shape index (κ2) is 5.94. The number of fused-ring (bicyclic) bond motifs is 1. The maximum atomic E-state index is 13.2. The molecule has 0 spiro atoms. The first kappa shape index (κ1) is 14.2. The molecule has 3 rings (SSSR count). The van der Waals surface area contributed by atoms with Gasteiger partial charge in [0.2, 0.25) is 0 Å². The first-order chi connectivity index (χ1) is 10.1. The first-order valence-electron chi connectivity index (χ1n) is 7.39. The summed E-state index contributed by atoms with van der Waals surface area (Å²) in [5.74, 6) is -0.705. The summed E-state index contributed by atoms with van der Waals surface area (Å²) < 4.78 is 26.5. The Hall–Kier alpha value is -1.74. The van der Waals surface area contributed by atoms with E-state index in [4.69, 9.17) is 5.73 Å². The van der Waals surface area contributed by atoms with E-state index in [-0.39, 0.29) is 6.04 Å². The van der Waals surface area contributed by atoms with Crippen LogP contribution >= 0.6 is 0 Å². The van der Waals surface area contributed by atoms with Gasteiger partial charge in [0, 0.05) is 12.1 Å². The maximum absolute atomic E-state index is 13.2. The Morgan fingerprint density at radius 3 is 2.43 bits per heavy atom. The maximum Gasteiger partial charge on any atom is 0.126 e. The van der Waals surface area contributed by atoms with Gasteiger partial charge in [0.05, 0.1) is 0 Å². The zero-order valence-corrected chi connectivity index (χ0v) is 11.9. The molecule has 1 aliphatic rings. The highest BCUT2D eigenvalue weighted by Crippen LogP contribution is 2.28. The molecule has 3 heteroatoms. The quantitative estimate of drug-likeness (QED) is 0.916. The molecular formula is C18H19F2N. The van der Waals surface area contributed by atoms with Crippen molar-refractivity contribution in [2.75, 3.05) is 0 Å². The van der Waals surface area contributed by atoms with Gasteiger partial charge in [-0.1, -0.05) is 24.3 Å². The average molecular weight is 287 g/mol. The first-order valence-corrected chi connectivity index (χ1v) is 7.39. The lowest BCUT2D eigenvalue weighted by Gasteiger charge is -2.29. The van der Waals surface area contributed by atoms with Crippen LogP contribution in [0.25, 0.3) is 0 Å². The van der Waals surface area contributed by atoms with E-state index >= 15 is 0 Å². The lowest BCUT2D eigenvalue weighted by Crippen LogP contribution is -2.36. The molecule has 0 bridgehead atoms. The lowest BCUT2D eigenvalue weighted by atomic mass is 9.79. The summed E-state index contributed by atoms with van der Waals surface area (Å²) in [4.78, 5) is 0.